The first-order valence-corrected chi connectivity index (χ1v) is 8.71. The van der Waals surface area contributed by atoms with Crippen molar-refractivity contribution in [1.29, 1.82) is 0 Å². The lowest BCUT2D eigenvalue weighted by Gasteiger charge is -2.45. The van der Waals surface area contributed by atoms with Crippen LogP contribution in [0.4, 0.5) is 0 Å². The van der Waals surface area contributed by atoms with Crippen molar-refractivity contribution in [3.8, 4) is 5.75 Å². The Balaban J connectivity index is 1.73. The first kappa shape index (κ1) is 13.1. The van der Waals surface area contributed by atoms with Crippen LogP contribution < -0.4 is 10.1 Å². The molecule has 2 nitrogen and oxygen atoms in total. The third-order valence-electron chi connectivity index (χ3n) is 5.58. The van der Waals surface area contributed by atoms with Crippen molar-refractivity contribution in [1.82, 2.24) is 5.32 Å². The highest BCUT2D eigenvalue weighted by atomic mass is 79.9. The fraction of sp³-hybridized carbons (Fsp3) is 0.647. The second-order valence-corrected chi connectivity index (χ2v) is 7.66. The molecule has 0 radical (unpaired) electrons. The minimum atomic E-state index is 0.115. The van der Waals surface area contributed by atoms with E-state index in [-0.39, 0.29) is 5.60 Å². The maximum absolute atomic E-state index is 6.60. The van der Waals surface area contributed by atoms with Crippen LogP contribution in [-0.4, -0.2) is 12.1 Å². The Labute approximate surface area is 129 Å². The van der Waals surface area contributed by atoms with E-state index in [2.05, 4.69) is 46.4 Å². The Kier molecular flexibility index (Phi) is 3.11. The van der Waals surface area contributed by atoms with Gasteiger partial charge in [0.25, 0.3) is 0 Å². The number of nitrogens with one attached hydrogen (secondary N) is 1. The van der Waals surface area contributed by atoms with Crippen LogP contribution in [0.2, 0.25) is 0 Å². The molecule has 4 unspecified atom stereocenters. The normalized spacial score (nSPS) is 38.0. The number of hydrogen-bond donors (Lipinski definition) is 1. The Morgan fingerprint density at radius 2 is 2.25 bits per heavy atom. The van der Waals surface area contributed by atoms with Crippen molar-refractivity contribution >= 4 is 15.9 Å². The van der Waals surface area contributed by atoms with Crippen LogP contribution in [0.15, 0.2) is 22.7 Å². The molecule has 4 atom stereocenters. The van der Waals surface area contributed by atoms with Crippen LogP contribution in [0.1, 0.15) is 50.6 Å². The highest BCUT2D eigenvalue weighted by Gasteiger charge is 2.55. The van der Waals surface area contributed by atoms with E-state index < -0.39 is 0 Å². The lowest BCUT2D eigenvalue weighted by Crippen LogP contribution is -2.47. The second kappa shape index (κ2) is 4.74. The highest BCUT2D eigenvalue weighted by Crippen LogP contribution is 2.58. The maximum atomic E-state index is 6.60. The summed E-state index contributed by atoms with van der Waals surface area (Å²) in [6.45, 7) is 3.21. The monoisotopic (exact) mass is 335 g/mol. The molecular weight excluding hydrogens is 314 g/mol. The predicted octanol–water partition coefficient (Wildman–Crippen LogP) is 4.44. The van der Waals surface area contributed by atoms with Crippen LogP contribution in [-0.2, 0) is 0 Å². The zero-order chi connectivity index (χ0) is 13.7. The molecule has 20 heavy (non-hydrogen) atoms. The summed E-state index contributed by atoms with van der Waals surface area (Å²) >= 11 is 3.59. The van der Waals surface area contributed by atoms with Crippen molar-refractivity contribution < 1.29 is 4.74 Å². The summed E-state index contributed by atoms with van der Waals surface area (Å²) in [6, 6.07) is 6.96. The van der Waals surface area contributed by atoms with Crippen LogP contribution >= 0.6 is 15.9 Å². The summed E-state index contributed by atoms with van der Waals surface area (Å²) in [6.07, 6.45) is 6.60. The van der Waals surface area contributed by atoms with E-state index in [4.69, 9.17) is 4.74 Å². The lowest BCUT2D eigenvalue weighted by molar-refractivity contribution is -0.0182. The zero-order valence-corrected chi connectivity index (χ0v) is 13.6. The number of fused-ring (bicyclic) bond motifs is 4. The molecule has 1 aromatic carbocycles. The molecule has 3 aliphatic rings. The first-order chi connectivity index (χ1) is 9.70. The predicted molar refractivity (Wildman–Crippen MR) is 84.0 cm³/mol. The Hall–Kier alpha value is -0.540. The number of ether oxygens (including phenoxy) is 1. The van der Waals surface area contributed by atoms with E-state index >= 15 is 0 Å². The number of hydrogen-bond acceptors (Lipinski definition) is 2. The molecule has 2 aliphatic carbocycles. The largest absolute Gasteiger partial charge is 0.487 e. The van der Waals surface area contributed by atoms with Crippen LogP contribution in [0, 0.1) is 11.8 Å². The smallest absolute Gasteiger partial charge is 0.126 e. The molecule has 3 heteroatoms. The Bertz CT molecular complexity index is 532. The molecule has 0 saturated heterocycles. The summed E-state index contributed by atoms with van der Waals surface area (Å²) in [4.78, 5) is 0. The van der Waals surface area contributed by atoms with Gasteiger partial charge in [0.15, 0.2) is 0 Å². The minimum absolute atomic E-state index is 0.115. The van der Waals surface area contributed by atoms with Gasteiger partial charge in [0.05, 0.1) is 0 Å². The summed E-state index contributed by atoms with van der Waals surface area (Å²) in [7, 11) is 0. The number of benzene rings is 1. The molecule has 2 fully saturated rings. The third-order valence-corrected chi connectivity index (χ3v) is 6.08. The second-order valence-electron chi connectivity index (χ2n) is 6.74. The summed E-state index contributed by atoms with van der Waals surface area (Å²) in [5, 5.41) is 3.68. The van der Waals surface area contributed by atoms with Crippen LogP contribution in [0.3, 0.4) is 0 Å². The summed E-state index contributed by atoms with van der Waals surface area (Å²) in [5.74, 6) is 2.79. The molecule has 1 heterocycles. The van der Waals surface area contributed by atoms with Crippen molar-refractivity contribution in [2.75, 3.05) is 6.54 Å². The van der Waals surface area contributed by atoms with Crippen molar-refractivity contribution in [2.24, 2.45) is 11.8 Å². The third kappa shape index (κ3) is 1.93. The molecule has 2 saturated carbocycles. The van der Waals surface area contributed by atoms with Crippen LogP contribution in [0.5, 0.6) is 5.75 Å². The SMILES string of the molecule is CCNC1CC2(CC3CCC2C3)Oc2cc(Br)ccc21. The van der Waals surface area contributed by atoms with Crippen LogP contribution in [0.25, 0.3) is 0 Å². The lowest BCUT2D eigenvalue weighted by atomic mass is 9.76. The van der Waals surface area contributed by atoms with Gasteiger partial charge in [-0.3, -0.25) is 0 Å². The molecule has 2 bridgehead atoms. The molecule has 1 spiro atoms. The minimum Gasteiger partial charge on any atom is -0.487 e. The molecule has 1 aliphatic heterocycles. The van der Waals surface area contributed by atoms with E-state index in [1.165, 1.54) is 31.2 Å². The molecule has 0 amide bonds. The summed E-state index contributed by atoms with van der Waals surface area (Å²) in [5.41, 5.74) is 1.45. The average Bonchev–Trinajstić information content (AvgIpc) is 2.99. The Morgan fingerprint density at radius 1 is 1.35 bits per heavy atom. The standard InChI is InChI=1S/C17H22BrNO/c1-2-19-15-10-17(9-11-3-4-12(17)7-11)20-16-8-13(18)5-6-14(15)16/h5-6,8,11-12,15,19H,2-4,7,9-10H2,1H3. The first-order valence-electron chi connectivity index (χ1n) is 7.92. The molecular formula is C17H22BrNO. The fourth-order valence-corrected chi connectivity index (χ4v) is 5.14. The van der Waals surface area contributed by atoms with Gasteiger partial charge >= 0.3 is 0 Å². The van der Waals surface area contributed by atoms with Gasteiger partial charge in [0, 0.05) is 22.5 Å². The van der Waals surface area contributed by atoms with Gasteiger partial charge < -0.3 is 10.1 Å². The van der Waals surface area contributed by atoms with Gasteiger partial charge in [-0.25, -0.2) is 0 Å². The fourth-order valence-electron chi connectivity index (χ4n) is 4.80. The van der Waals surface area contributed by atoms with Gasteiger partial charge in [-0.05, 0) is 56.2 Å². The molecule has 108 valence electrons. The van der Waals surface area contributed by atoms with Gasteiger partial charge in [0.1, 0.15) is 11.4 Å². The Morgan fingerprint density at radius 3 is 2.95 bits per heavy atom. The van der Waals surface area contributed by atoms with Gasteiger partial charge in [-0.15, -0.1) is 0 Å². The van der Waals surface area contributed by atoms with Gasteiger partial charge in [-0.1, -0.05) is 28.9 Å². The number of halogens is 1. The zero-order valence-electron chi connectivity index (χ0n) is 12.0. The van der Waals surface area contributed by atoms with Crippen molar-refractivity contribution in [3.05, 3.63) is 28.2 Å². The highest BCUT2D eigenvalue weighted by molar-refractivity contribution is 9.10. The van der Waals surface area contributed by atoms with Crippen molar-refractivity contribution in [2.45, 2.75) is 50.7 Å². The molecule has 0 aromatic heterocycles. The van der Waals surface area contributed by atoms with Gasteiger partial charge in [0.2, 0.25) is 0 Å². The average molecular weight is 336 g/mol. The molecule has 1 N–H and O–H groups in total. The molecule has 1 aromatic rings. The topological polar surface area (TPSA) is 21.3 Å². The van der Waals surface area contributed by atoms with E-state index in [0.29, 0.717) is 6.04 Å². The maximum Gasteiger partial charge on any atom is 0.126 e. The summed E-state index contributed by atoms with van der Waals surface area (Å²) < 4.78 is 7.72. The van der Waals surface area contributed by atoms with Gasteiger partial charge in [-0.2, -0.15) is 0 Å². The van der Waals surface area contributed by atoms with Crippen molar-refractivity contribution in [3.63, 3.8) is 0 Å². The van der Waals surface area contributed by atoms with E-state index in [1.807, 2.05) is 0 Å². The number of rotatable bonds is 2. The quantitative estimate of drug-likeness (QED) is 0.862. The van der Waals surface area contributed by atoms with E-state index in [9.17, 15) is 0 Å². The van der Waals surface area contributed by atoms with E-state index in [1.54, 1.807) is 0 Å². The molecule has 4 rings (SSSR count). The van der Waals surface area contributed by atoms with E-state index in [0.717, 1.165) is 35.0 Å².